The third kappa shape index (κ3) is 6.10. The molecule has 0 spiro atoms. The fourth-order valence-electron chi connectivity index (χ4n) is 4.00. The molecular weight excluding hydrogens is 523 g/mol. The number of rotatable bonds is 10. The molecular formula is C27H30ClFN8O2. The second kappa shape index (κ2) is 11.7. The number of anilines is 4. The lowest BCUT2D eigenvalue weighted by Crippen LogP contribution is -2.29. The Morgan fingerprint density at radius 2 is 1.95 bits per heavy atom. The van der Waals surface area contributed by atoms with Gasteiger partial charge < -0.3 is 29.7 Å². The van der Waals surface area contributed by atoms with Crippen molar-refractivity contribution >= 4 is 51.6 Å². The van der Waals surface area contributed by atoms with Gasteiger partial charge in [0.2, 0.25) is 11.9 Å². The van der Waals surface area contributed by atoms with Crippen molar-refractivity contribution in [1.82, 2.24) is 24.4 Å². The fraction of sp³-hybridized carbons (Fsp3) is 0.259. The molecule has 0 fully saturated rings. The third-order valence-corrected chi connectivity index (χ3v) is 6.39. The smallest absolute Gasteiger partial charge is 0.247 e. The van der Waals surface area contributed by atoms with Crippen molar-refractivity contribution in [1.29, 1.82) is 0 Å². The van der Waals surface area contributed by atoms with Gasteiger partial charge in [0, 0.05) is 56.6 Å². The average Bonchev–Trinajstić information content (AvgIpc) is 3.20. The predicted octanol–water partition coefficient (Wildman–Crippen LogP) is 4.70. The summed E-state index contributed by atoms with van der Waals surface area (Å²) < 4.78 is 22.3. The Kier molecular flexibility index (Phi) is 8.32. The number of aromatic nitrogens is 4. The average molecular weight is 553 g/mol. The summed E-state index contributed by atoms with van der Waals surface area (Å²) in [5, 5.41) is 7.13. The zero-order chi connectivity index (χ0) is 28.3. The van der Waals surface area contributed by atoms with Crippen LogP contribution in [-0.4, -0.2) is 71.7 Å². The van der Waals surface area contributed by atoms with E-state index in [0.29, 0.717) is 45.3 Å². The number of ether oxygens (including phenoxy) is 1. The molecule has 3 aromatic heterocycles. The molecule has 1 amide bonds. The maximum atomic E-state index is 14.9. The van der Waals surface area contributed by atoms with Crippen LogP contribution in [0.1, 0.15) is 0 Å². The molecule has 0 aliphatic rings. The lowest BCUT2D eigenvalue weighted by atomic mass is 10.1. The van der Waals surface area contributed by atoms with E-state index >= 15 is 0 Å². The molecule has 1 aromatic carbocycles. The number of methoxy groups -OCH3 is 1. The molecule has 0 aliphatic carbocycles. The maximum Gasteiger partial charge on any atom is 0.247 e. The van der Waals surface area contributed by atoms with Crippen molar-refractivity contribution in [2.45, 2.75) is 0 Å². The predicted molar refractivity (Wildman–Crippen MR) is 154 cm³/mol. The number of fused-ring (bicyclic) bond motifs is 1. The minimum absolute atomic E-state index is 0.0565. The number of hydrogen-bond donors (Lipinski definition) is 2. The number of hydrogen-bond acceptors (Lipinski definition) is 8. The molecule has 0 saturated carbocycles. The van der Waals surface area contributed by atoms with E-state index in [4.69, 9.17) is 16.3 Å². The van der Waals surface area contributed by atoms with Gasteiger partial charge in [0.05, 0.1) is 35.4 Å². The minimum atomic E-state index is -0.613. The number of benzene rings is 1. The quantitative estimate of drug-likeness (QED) is 0.273. The van der Waals surface area contributed by atoms with Crippen LogP contribution in [0.15, 0.2) is 49.4 Å². The highest BCUT2D eigenvalue weighted by Crippen LogP contribution is 2.38. The van der Waals surface area contributed by atoms with Crippen LogP contribution >= 0.6 is 11.6 Å². The molecule has 4 aromatic rings. The summed E-state index contributed by atoms with van der Waals surface area (Å²) in [6.07, 6.45) is 5.55. The molecule has 4 rings (SSSR count). The van der Waals surface area contributed by atoms with E-state index in [1.54, 1.807) is 29.0 Å². The van der Waals surface area contributed by atoms with Gasteiger partial charge in [-0.05, 0) is 32.3 Å². The largest absolute Gasteiger partial charge is 0.494 e. The van der Waals surface area contributed by atoms with Crippen LogP contribution in [0.3, 0.4) is 0 Å². The molecule has 39 heavy (non-hydrogen) atoms. The van der Waals surface area contributed by atoms with Gasteiger partial charge >= 0.3 is 0 Å². The molecule has 0 aliphatic heterocycles. The highest BCUT2D eigenvalue weighted by molar-refractivity contribution is 6.35. The topological polar surface area (TPSA) is 100 Å². The van der Waals surface area contributed by atoms with Crippen LogP contribution < -0.4 is 20.3 Å². The van der Waals surface area contributed by atoms with Gasteiger partial charge in [-0.25, -0.2) is 19.3 Å². The van der Waals surface area contributed by atoms with E-state index < -0.39 is 5.82 Å². The Labute approximate surface area is 231 Å². The Balaban J connectivity index is 1.72. The number of nitrogens with one attached hydrogen (secondary N) is 2. The SMILES string of the molecule is C=CC(=O)Nc1cc(Nc2ncc(F)c(-c3cnc4c(c3)c(Cl)cn4C)n2)c(OC)cc1N(C)CCN(C)C. The second-order valence-corrected chi connectivity index (χ2v) is 9.59. The molecule has 3 heterocycles. The first-order chi connectivity index (χ1) is 18.6. The summed E-state index contributed by atoms with van der Waals surface area (Å²) in [6.45, 7) is 5.05. The van der Waals surface area contributed by atoms with Crippen LogP contribution in [0.2, 0.25) is 5.02 Å². The standard InChI is InChI=1S/C27H30ClFN8O2/c1-7-24(38)32-20-11-21(23(39-6)12-22(20)36(4)9-8-35(2)3)33-27-31-14-19(29)25(34-27)16-10-17-18(28)15-37(5)26(17)30-13-16/h7,10-15H,1,8-9H2,2-6H3,(H,32,38)(H,31,33,34). The number of nitrogens with zero attached hydrogens (tertiary/aromatic N) is 6. The second-order valence-electron chi connectivity index (χ2n) is 9.19. The van der Waals surface area contributed by atoms with Crippen molar-refractivity contribution in [2.75, 3.05) is 56.9 Å². The molecule has 12 heteroatoms. The molecule has 0 bridgehead atoms. The number of likely N-dealkylation sites (N-methyl/N-ethyl adjacent to an activating group) is 2. The number of aryl methyl sites for hydroxylation is 1. The zero-order valence-corrected chi connectivity index (χ0v) is 23.2. The van der Waals surface area contributed by atoms with Crippen LogP contribution in [0, 0.1) is 5.82 Å². The first kappa shape index (κ1) is 27.8. The van der Waals surface area contributed by atoms with Gasteiger partial charge in [0.15, 0.2) is 5.82 Å². The van der Waals surface area contributed by atoms with E-state index in [9.17, 15) is 9.18 Å². The monoisotopic (exact) mass is 552 g/mol. The number of carbonyl (C=O) groups excluding carboxylic acids is 1. The van der Waals surface area contributed by atoms with Gasteiger partial charge in [-0.15, -0.1) is 0 Å². The van der Waals surface area contributed by atoms with E-state index in [1.165, 1.54) is 19.4 Å². The molecule has 0 radical (unpaired) electrons. The van der Waals surface area contributed by atoms with E-state index in [0.717, 1.165) is 18.4 Å². The van der Waals surface area contributed by atoms with Gasteiger partial charge in [0.25, 0.3) is 0 Å². The molecule has 2 N–H and O–H groups in total. The van der Waals surface area contributed by atoms with Gasteiger partial charge in [-0.3, -0.25) is 4.79 Å². The van der Waals surface area contributed by atoms with Gasteiger partial charge in [-0.2, -0.15) is 0 Å². The lowest BCUT2D eigenvalue weighted by Gasteiger charge is -2.26. The third-order valence-electron chi connectivity index (χ3n) is 6.08. The number of amides is 1. The van der Waals surface area contributed by atoms with Crippen molar-refractivity contribution in [3.05, 3.63) is 60.3 Å². The van der Waals surface area contributed by atoms with Gasteiger partial charge in [0.1, 0.15) is 17.1 Å². The van der Waals surface area contributed by atoms with Crippen molar-refractivity contribution < 1.29 is 13.9 Å². The van der Waals surface area contributed by atoms with Crippen LogP contribution in [0.5, 0.6) is 5.75 Å². The summed E-state index contributed by atoms with van der Waals surface area (Å²) in [7, 11) is 9.27. The van der Waals surface area contributed by atoms with E-state index in [1.807, 2.05) is 33.1 Å². The summed E-state index contributed by atoms with van der Waals surface area (Å²) in [5.41, 5.74) is 2.92. The van der Waals surface area contributed by atoms with E-state index in [2.05, 4.69) is 37.1 Å². The minimum Gasteiger partial charge on any atom is -0.494 e. The van der Waals surface area contributed by atoms with E-state index in [-0.39, 0.29) is 17.5 Å². The Morgan fingerprint density at radius 1 is 1.18 bits per heavy atom. The van der Waals surface area contributed by atoms with Crippen molar-refractivity contribution in [3.63, 3.8) is 0 Å². The Bertz CT molecular complexity index is 1540. The molecule has 0 atom stereocenters. The summed E-state index contributed by atoms with van der Waals surface area (Å²) in [6, 6.07) is 5.25. The van der Waals surface area contributed by atoms with Gasteiger partial charge in [-0.1, -0.05) is 18.2 Å². The van der Waals surface area contributed by atoms with Crippen molar-refractivity contribution in [2.24, 2.45) is 7.05 Å². The molecule has 10 nitrogen and oxygen atoms in total. The summed E-state index contributed by atoms with van der Waals surface area (Å²) in [4.78, 5) is 29.2. The number of pyridine rings is 1. The highest BCUT2D eigenvalue weighted by atomic mass is 35.5. The van der Waals surface area contributed by atoms with Crippen LogP contribution in [0.4, 0.5) is 27.4 Å². The Morgan fingerprint density at radius 3 is 2.64 bits per heavy atom. The van der Waals surface area contributed by atoms with Crippen LogP contribution in [0.25, 0.3) is 22.3 Å². The van der Waals surface area contributed by atoms with Crippen LogP contribution in [-0.2, 0) is 11.8 Å². The molecule has 0 unspecified atom stereocenters. The maximum absolute atomic E-state index is 14.9. The zero-order valence-electron chi connectivity index (χ0n) is 22.4. The highest BCUT2D eigenvalue weighted by Gasteiger charge is 2.18. The number of halogens is 2. The normalized spacial score (nSPS) is 11.1. The fourth-order valence-corrected chi connectivity index (χ4v) is 4.29. The van der Waals surface area contributed by atoms with Crippen molar-refractivity contribution in [3.8, 4) is 17.0 Å². The summed E-state index contributed by atoms with van der Waals surface area (Å²) >= 11 is 6.32. The first-order valence-electron chi connectivity index (χ1n) is 12.0. The Hall–Kier alpha value is -4.22. The summed E-state index contributed by atoms with van der Waals surface area (Å²) in [5.74, 6) is -0.376. The molecule has 0 saturated heterocycles. The first-order valence-corrected chi connectivity index (χ1v) is 12.4. The number of carbonyl (C=O) groups is 1. The lowest BCUT2D eigenvalue weighted by molar-refractivity contribution is -0.111. The molecule has 204 valence electrons.